The number of carboxylic acid groups (broad SMARTS) is 1. The maximum atomic E-state index is 12.8. The highest BCUT2D eigenvalue weighted by atomic mass is 16.4. The first-order valence-corrected chi connectivity index (χ1v) is 11.5. The lowest BCUT2D eigenvalue weighted by Gasteiger charge is -2.24. The molecular weight excluding hydrogens is 444 g/mol. The zero-order valence-corrected chi connectivity index (χ0v) is 20.4. The SMILES string of the molecule is CC(C)CC(NC(=O)C(N)CCCCN)C(=O)NC(C)C(=O)NC(CCCN=C(N)N)C(=O)O. The molecule has 0 bridgehead atoms. The molecule has 3 amide bonds. The van der Waals surface area contributed by atoms with Crippen LogP contribution >= 0.6 is 0 Å². The summed E-state index contributed by atoms with van der Waals surface area (Å²) >= 11 is 0. The van der Waals surface area contributed by atoms with Crippen LogP contribution in [0.1, 0.15) is 59.3 Å². The van der Waals surface area contributed by atoms with Crippen LogP contribution < -0.4 is 38.9 Å². The lowest BCUT2D eigenvalue weighted by Crippen LogP contribution is -2.56. The average Bonchev–Trinajstić information content (AvgIpc) is 2.74. The molecule has 0 rings (SSSR count). The van der Waals surface area contributed by atoms with E-state index in [1.54, 1.807) is 0 Å². The van der Waals surface area contributed by atoms with Crippen molar-refractivity contribution < 1.29 is 24.3 Å². The number of amides is 3. The number of carboxylic acids is 1. The number of nitrogens with zero attached hydrogens (tertiary/aromatic N) is 1. The van der Waals surface area contributed by atoms with Crippen molar-refractivity contribution in [3.05, 3.63) is 0 Å². The van der Waals surface area contributed by atoms with E-state index in [-0.39, 0.29) is 24.8 Å². The number of aliphatic carboxylic acids is 1. The summed E-state index contributed by atoms with van der Waals surface area (Å²) < 4.78 is 0. The predicted molar refractivity (Wildman–Crippen MR) is 129 cm³/mol. The Balaban J connectivity index is 4.97. The molecule has 0 saturated carbocycles. The molecule has 34 heavy (non-hydrogen) atoms. The van der Waals surface area contributed by atoms with Gasteiger partial charge in [0.1, 0.15) is 18.1 Å². The summed E-state index contributed by atoms with van der Waals surface area (Å²) in [4.78, 5) is 52.9. The van der Waals surface area contributed by atoms with Crippen molar-refractivity contribution in [1.82, 2.24) is 16.0 Å². The number of carbonyl (C=O) groups excluding carboxylic acids is 3. The van der Waals surface area contributed by atoms with Crippen molar-refractivity contribution in [1.29, 1.82) is 0 Å². The van der Waals surface area contributed by atoms with E-state index in [2.05, 4.69) is 20.9 Å². The van der Waals surface area contributed by atoms with Gasteiger partial charge in [0, 0.05) is 6.54 Å². The van der Waals surface area contributed by atoms with Crippen LogP contribution in [0.15, 0.2) is 4.99 Å². The van der Waals surface area contributed by atoms with Crippen molar-refractivity contribution >= 4 is 29.7 Å². The molecule has 0 aliphatic carbocycles. The number of nitrogens with one attached hydrogen (secondary N) is 3. The van der Waals surface area contributed by atoms with Crippen molar-refractivity contribution in [2.75, 3.05) is 13.1 Å². The van der Waals surface area contributed by atoms with E-state index >= 15 is 0 Å². The van der Waals surface area contributed by atoms with Crippen LogP contribution in [0.3, 0.4) is 0 Å². The molecule has 0 aromatic rings. The van der Waals surface area contributed by atoms with Gasteiger partial charge in [0.05, 0.1) is 6.04 Å². The van der Waals surface area contributed by atoms with Gasteiger partial charge in [0.25, 0.3) is 0 Å². The first kappa shape index (κ1) is 31.1. The minimum atomic E-state index is -1.22. The summed E-state index contributed by atoms with van der Waals surface area (Å²) in [7, 11) is 0. The number of hydrogen-bond donors (Lipinski definition) is 8. The standard InChI is InChI=1S/C21H42N8O5/c1-12(2)11-16(29-18(31)14(23)7-4-5-9-22)19(32)27-13(3)17(30)28-15(20(33)34)8-6-10-26-21(24)25/h12-16H,4-11,22-23H2,1-3H3,(H,27,32)(H,28,30)(H,29,31)(H,33,34)(H4,24,25,26). The summed E-state index contributed by atoms with van der Waals surface area (Å²) in [6.07, 6.45) is 2.66. The number of hydrogen-bond acceptors (Lipinski definition) is 7. The highest BCUT2D eigenvalue weighted by Gasteiger charge is 2.28. The van der Waals surface area contributed by atoms with Crippen LogP contribution in [0.4, 0.5) is 0 Å². The van der Waals surface area contributed by atoms with Crippen LogP contribution in [0.5, 0.6) is 0 Å². The van der Waals surface area contributed by atoms with Crippen LogP contribution in [-0.4, -0.2) is 72.0 Å². The number of rotatable bonds is 17. The second-order valence-electron chi connectivity index (χ2n) is 8.66. The largest absolute Gasteiger partial charge is 0.480 e. The van der Waals surface area contributed by atoms with E-state index in [0.717, 1.165) is 6.42 Å². The summed E-state index contributed by atoms with van der Waals surface area (Å²) in [5.41, 5.74) is 21.8. The third-order valence-corrected chi connectivity index (χ3v) is 4.96. The van der Waals surface area contributed by atoms with Crippen LogP contribution in [0.2, 0.25) is 0 Å². The number of carbonyl (C=O) groups is 4. The maximum absolute atomic E-state index is 12.8. The number of unbranched alkanes of at least 4 members (excludes halogenated alkanes) is 1. The van der Waals surface area contributed by atoms with Gasteiger partial charge in [0.15, 0.2) is 5.96 Å². The molecular formula is C21H42N8O5. The van der Waals surface area contributed by atoms with Gasteiger partial charge in [-0.15, -0.1) is 0 Å². The molecule has 0 saturated heterocycles. The van der Waals surface area contributed by atoms with E-state index in [0.29, 0.717) is 32.2 Å². The molecule has 0 radical (unpaired) electrons. The molecule has 196 valence electrons. The molecule has 4 atom stereocenters. The van der Waals surface area contributed by atoms with E-state index in [1.165, 1.54) is 6.92 Å². The van der Waals surface area contributed by atoms with Gasteiger partial charge in [-0.3, -0.25) is 19.4 Å². The van der Waals surface area contributed by atoms with Gasteiger partial charge in [-0.2, -0.15) is 0 Å². The fourth-order valence-electron chi connectivity index (χ4n) is 3.06. The highest BCUT2D eigenvalue weighted by Crippen LogP contribution is 2.07. The van der Waals surface area contributed by atoms with Crippen molar-refractivity contribution in [3.63, 3.8) is 0 Å². The van der Waals surface area contributed by atoms with E-state index in [4.69, 9.17) is 22.9 Å². The van der Waals surface area contributed by atoms with Crippen LogP contribution in [0.25, 0.3) is 0 Å². The Bertz CT molecular complexity index is 697. The van der Waals surface area contributed by atoms with Gasteiger partial charge in [-0.1, -0.05) is 20.3 Å². The lowest BCUT2D eigenvalue weighted by atomic mass is 10.0. The second-order valence-corrected chi connectivity index (χ2v) is 8.66. The zero-order chi connectivity index (χ0) is 26.3. The summed E-state index contributed by atoms with van der Waals surface area (Å²) in [5.74, 6) is -2.93. The van der Waals surface area contributed by atoms with Crippen molar-refractivity contribution in [3.8, 4) is 0 Å². The van der Waals surface area contributed by atoms with E-state index < -0.39 is 47.9 Å². The smallest absolute Gasteiger partial charge is 0.326 e. The number of nitrogens with two attached hydrogens (primary N) is 4. The molecule has 0 aliphatic rings. The predicted octanol–water partition coefficient (Wildman–Crippen LogP) is -1.90. The van der Waals surface area contributed by atoms with Gasteiger partial charge in [0.2, 0.25) is 17.7 Å². The van der Waals surface area contributed by atoms with Crippen molar-refractivity contribution in [2.45, 2.75) is 83.5 Å². The summed E-state index contributed by atoms with van der Waals surface area (Å²) in [6, 6.07) is -3.86. The fraction of sp³-hybridized carbons (Fsp3) is 0.762. The maximum Gasteiger partial charge on any atom is 0.326 e. The lowest BCUT2D eigenvalue weighted by molar-refractivity contribution is -0.142. The molecule has 0 aliphatic heterocycles. The van der Waals surface area contributed by atoms with Gasteiger partial charge in [-0.05, 0) is 51.5 Å². The van der Waals surface area contributed by atoms with E-state index in [9.17, 15) is 24.3 Å². The molecule has 13 heteroatoms. The Morgan fingerprint density at radius 1 is 0.853 bits per heavy atom. The first-order chi connectivity index (χ1) is 15.9. The molecule has 0 heterocycles. The Morgan fingerprint density at radius 3 is 2.00 bits per heavy atom. The Hall–Kier alpha value is -2.93. The summed E-state index contributed by atoms with van der Waals surface area (Å²) in [6.45, 7) is 5.94. The van der Waals surface area contributed by atoms with E-state index in [1.807, 2.05) is 13.8 Å². The minimum Gasteiger partial charge on any atom is -0.480 e. The Labute approximate surface area is 200 Å². The fourth-order valence-corrected chi connectivity index (χ4v) is 3.06. The summed E-state index contributed by atoms with van der Waals surface area (Å²) in [5, 5.41) is 16.9. The topological polar surface area (TPSA) is 241 Å². The van der Waals surface area contributed by atoms with Gasteiger partial charge >= 0.3 is 5.97 Å². The first-order valence-electron chi connectivity index (χ1n) is 11.5. The number of aliphatic imine (C=N–C) groups is 1. The van der Waals surface area contributed by atoms with Crippen LogP contribution in [0, 0.1) is 5.92 Å². The third-order valence-electron chi connectivity index (χ3n) is 4.96. The van der Waals surface area contributed by atoms with Gasteiger partial charge in [-0.25, -0.2) is 4.79 Å². The van der Waals surface area contributed by atoms with Crippen molar-refractivity contribution in [2.24, 2.45) is 33.8 Å². The molecule has 0 aromatic heterocycles. The second kappa shape index (κ2) is 16.6. The minimum absolute atomic E-state index is 0.0789. The molecule has 12 N–H and O–H groups in total. The number of guanidine groups is 1. The molecule has 13 nitrogen and oxygen atoms in total. The molecule has 0 aromatic carbocycles. The Kier molecular flexibility index (Phi) is 15.2. The Morgan fingerprint density at radius 2 is 1.47 bits per heavy atom. The third kappa shape index (κ3) is 13.6. The molecule has 0 fully saturated rings. The molecule has 4 unspecified atom stereocenters. The molecule has 0 spiro atoms. The van der Waals surface area contributed by atoms with Gasteiger partial charge < -0.3 is 44.0 Å². The normalized spacial score (nSPS) is 14.4. The monoisotopic (exact) mass is 486 g/mol. The quantitative estimate of drug-likeness (QED) is 0.0649. The van der Waals surface area contributed by atoms with Crippen LogP contribution in [-0.2, 0) is 19.2 Å². The zero-order valence-electron chi connectivity index (χ0n) is 20.4. The highest BCUT2D eigenvalue weighted by molar-refractivity contribution is 5.93. The average molecular weight is 487 g/mol.